The normalized spacial score (nSPS) is 19.5. The molecule has 1 amide bonds. The topological polar surface area (TPSA) is 38.3 Å². The first-order valence-electron chi connectivity index (χ1n) is 5.94. The molecular weight excluding hydrogens is 218 g/mol. The maximum absolute atomic E-state index is 11.4. The minimum Gasteiger partial charge on any atom is -0.420 e. The lowest BCUT2D eigenvalue weighted by Gasteiger charge is -2.31. The molecule has 1 N–H and O–H groups in total. The molecule has 0 spiro atoms. The second-order valence-corrected chi connectivity index (χ2v) is 7.99. The Hall–Kier alpha value is -0.613. The minimum atomic E-state index is -0.944. The average molecular weight is 241 g/mol. The maximum Gasteiger partial charge on any atom is 0.249 e. The van der Waals surface area contributed by atoms with E-state index >= 15 is 0 Å². The van der Waals surface area contributed by atoms with Gasteiger partial charge in [0.2, 0.25) is 5.91 Å². The standard InChI is InChI=1S/C12H23NO2Si/c1-12(2,3)10(6-7-15-16(4)5)9-8-13-11(9)14/h16H,6-8H2,1-5H3,(H,13,14)/b10-9-. The first-order valence-corrected chi connectivity index (χ1v) is 8.72. The zero-order chi connectivity index (χ0) is 12.3. The van der Waals surface area contributed by atoms with E-state index in [1.54, 1.807) is 0 Å². The molecule has 1 fully saturated rings. The van der Waals surface area contributed by atoms with E-state index in [4.69, 9.17) is 4.43 Å². The summed E-state index contributed by atoms with van der Waals surface area (Å²) in [6.45, 7) is 12.3. The Labute approximate surface area is 100.0 Å². The number of β-lactam (4-membered cyclic amide) rings is 1. The van der Waals surface area contributed by atoms with Crippen LogP contribution in [-0.2, 0) is 9.22 Å². The molecule has 1 aliphatic heterocycles. The van der Waals surface area contributed by atoms with E-state index in [-0.39, 0.29) is 11.3 Å². The predicted octanol–water partition coefficient (Wildman–Crippen LogP) is 1.85. The highest BCUT2D eigenvalue weighted by Crippen LogP contribution is 2.32. The van der Waals surface area contributed by atoms with Crippen molar-refractivity contribution in [3.8, 4) is 0 Å². The fraction of sp³-hybridized carbons (Fsp3) is 0.750. The van der Waals surface area contributed by atoms with Crippen LogP contribution in [0.15, 0.2) is 11.1 Å². The Balaban J connectivity index is 2.67. The molecule has 0 radical (unpaired) electrons. The maximum atomic E-state index is 11.4. The van der Waals surface area contributed by atoms with Crippen LogP contribution < -0.4 is 5.32 Å². The third-order valence-corrected chi connectivity index (χ3v) is 3.68. The summed E-state index contributed by atoms with van der Waals surface area (Å²) >= 11 is 0. The molecule has 16 heavy (non-hydrogen) atoms. The Bertz CT molecular complexity index is 303. The van der Waals surface area contributed by atoms with Gasteiger partial charge in [-0.05, 0) is 24.9 Å². The van der Waals surface area contributed by atoms with Gasteiger partial charge in [-0.3, -0.25) is 4.79 Å². The van der Waals surface area contributed by atoms with Crippen LogP contribution in [0.2, 0.25) is 13.1 Å². The number of carbonyl (C=O) groups excluding carboxylic acids is 1. The number of carbonyl (C=O) groups is 1. The molecule has 0 aliphatic carbocycles. The van der Waals surface area contributed by atoms with Gasteiger partial charge in [0.05, 0.1) is 0 Å². The van der Waals surface area contributed by atoms with E-state index in [9.17, 15) is 4.79 Å². The average Bonchev–Trinajstić information content (AvgIpc) is 2.11. The van der Waals surface area contributed by atoms with Crippen LogP contribution in [0.4, 0.5) is 0 Å². The van der Waals surface area contributed by atoms with E-state index < -0.39 is 9.04 Å². The third kappa shape index (κ3) is 3.45. The molecule has 0 aromatic carbocycles. The number of hydrogen-bond donors (Lipinski definition) is 1. The zero-order valence-electron chi connectivity index (χ0n) is 11.0. The summed E-state index contributed by atoms with van der Waals surface area (Å²) in [5.41, 5.74) is 2.29. The Morgan fingerprint density at radius 1 is 1.44 bits per heavy atom. The van der Waals surface area contributed by atoms with E-state index in [2.05, 4.69) is 39.2 Å². The predicted molar refractivity (Wildman–Crippen MR) is 68.9 cm³/mol. The number of hydrogen-bond acceptors (Lipinski definition) is 2. The van der Waals surface area contributed by atoms with Gasteiger partial charge in [0.25, 0.3) is 0 Å². The summed E-state index contributed by atoms with van der Waals surface area (Å²) in [5.74, 6) is 0.103. The van der Waals surface area contributed by atoms with Crippen LogP contribution in [0.3, 0.4) is 0 Å². The molecule has 0 saturated carbocycles. The second-order valence-electron chi connectivity index (χ2n) is 5.56. The van der Waals surface area contributed by atoms with Crippen LogP contribution in [0, 0.1) is 5.41 Å². The van der Waals surface area contributed by atoms with E-state index in [0.717, 1.165) is 25.1 Å². The number of amides is 1. The fourth-order valence-electron chi connectivity index (χ4n) is 1.87. The van der Waals surface area contributed by atoms with Crippen molar-refractivity contribution in [3.05, 3.63) is 11.1 Å². The van der Waals surface area contributed by atoms with Gasteiger partial charge < -0.3 is 9.74 Å². The van der Waals surface area contributed by atoms with Crippen LogP contribution in [0.1, 0.15) is 27.2 Å². The molecule has 0 bridgehead atoms. The molecule has 4 heteroatoms. The van der Waals surface area contributed by atoms with Gasteiger partial charge in [-0.15, -0.1) is 0 Å². The van der Waals surface area contributed by atoms with Gasteiger partial charge in [-0.25, -0.2) is 0 Å². The molecule has 1 aliphatic rings. The van der Waals surface area contributed by atoms with Gasteiger partial charge in [-0.2, -0.15) is 0 Å². The van der Waals surface area contributed by atoms with Gasteiger partial charge >= 0.3 is 0 Å². The largest absolute Gasteiger partial charge is 0.420 e. The summed E-state index contributed by atoms with van der Waals surface area (Å²) in [6, 6.07) is 0. The Kier molecular flexibility index (Phi) is 4.33. The summed E-state index contributed by atoms with van der Waals surface area (Å²) in [7, 11) is -0.944. The highest BCUT2D eigenvalue weighted by molar-refractivity contribution is 6.48. The third-order valence-electron chi connectivity index (χ3n) is 2.77. The summed E-state index contributed by atoms with van der Waals surface area (Å²) in [6.07, 6.45) is 0.886. The van der Waals surface area contributed by atoms with E-state index in [0.29, 0.717) is 0 Å². The van der Waals surface area contributed by atoms with Gasteiger partial charge in [0.1, 0.15) is 0 Å². The van der Waals surface area contributed by atoms with Crippen LogP contribution in [-0.4, -0.2) is 28.1 Å². The second kappa shape index (κ2) is 5.14. The smallest absolute Gasteiger partial charge is 0.249 e. The summed E-state index contributed by atoms with van der Waals surface area (Å²) in [5, 5.41) is 2.78. The highest BCUT2D eigenvalue weighted by atomic mass is 28.3. The van der Waals surface area contributed by atoms with Crippen LogP contribution >= 0.6 is 0 Å². The quantitative estimate of drug-likeness (QED) is 0.463. The molecule has 1 rings (SSSR count). The molecular formula is C12H23NO2Si. The lowest BCUT2D eigenvalue weighted by molar-refractivity contribution is -0.120. The van der Waals surface area contributed by atoms with Crippen molar-refractivity contribution in [1.29, 1.82) is 0 Å². The highest BCUT2D eigenvalue weighted by Gasteiger charge is 2.29. The van der Waals surface area contributed by atoms with Crippen LogP contribution in [0.25, 0.3) is 0 Å². The van der Waals surface area contributed by atoms with Crippen molar-refractivity contribution >= 4 is 14.9 Å². The Morgan fingerprint density at radius 3 is 2.38 bits per heavy atom. The number of nitrogens with one attached hydrogen (secondary N) is 1. The first kappa shape index (κ1) is 13.5. The molecule has 1 heterocycles. The first-order chi connectivity index (χ1) is 7.32. The molecule has 0 unspecified atom stereocenters. The van der Waals surface area contributed by atoms with E-state index in [1.807, 2.05) is 0 Å². The van der Waals surface area contributed by atoms with Gasteiger partial charge in [0.15, 0.2) is 9.04 Å². The minimum absolute atomic E-state index is 0.0645. The molecule has 92 valence electrons. The van der Waals surface area contributed by atoms with Gasteiger partial charge in [0, 0.05) is 18.7 Å². The fourth-order valence-corrected chi connectivity index (χ4v) is 2.46. The van der Waals surface area contributed by atoms with Crippen LogP contribution in [0.5, 0.6) is 0 Å². The van der Waals surface area contributed by atoms with Crippen molar-refractivity contribution in [1.82, 2.24) is 5.32 Å². The van der Waals surface area contributed by atoms with Crippen molar-refractivity contribution in [2.45, 2.75) is 40.3 Å². The summed E-state index contributed by atoms with van der Waals surface area (Å²) in [4.78, 5) is 11.4. The Morgan fingerprint density at radius 2 is 2.06 bits per heavy atom. The zero-order valence-corrected chi connectivity index (χ0v) is 12.2. The van der Waals surface area contributed by atoms with Crippen molar-refractivity contribution in [2.75, 3.05) is 13.2 Å². The lowest BCUT2D eigenvalue weighted by Crippen LogP contribution is -2.43. The van der Waals surface area contributed by atoms with Crippen molar-refractivity contribution in [3.63, 3.8) is 0 Å². The molecule has 1 saturated heterocycles. The number of rotatable bonds is 4. The molecule has 0 atom stereocenters. The lowest BCUT2D eigenvalue weighted by atomic mass is 9.80. The summed E-state index contributed by atoms with van der Waals surface area (Å²) < 4.78 is 5.69. The molecule has 0 aromatic heterocycles. The monoisotopic (exact) mass is 241 g/mol. The van der Waals surface area contributed by atoms with Crippen molar-refractivity contribution < 1.29 is 9.22 Å². The SMILES string of the molecule is C[SiH](C)OCC/C(=C1\CNC1=O)C(C)(C)C. The van der Waals surface area contributed by atoms with Crippen molar-refractivity contribution in [2.24, 2.45) is 5.41 Å². The van der Waals surface area contributed by atoms with Gasteiger partial charge in [-0.1, -0.05) is 26.3 Å². The van der Waals surface area contributed by atoms with E-state index in [1.165, 1.54) is 5.57 Å². The molecule has 0 aromatic rings. The molecule has 3 nitrogen and oxygen atoms in total.